The smallest absolute Gasteiger partial charge is 0.223 e. The van der Waals surface area contributed by atoms with Crippen molar-refractivity contribution in [3.63, 3.8) is 0 Å². The Hall–Kier alpha value is -1.12. The van der Waals surface area contributed by atoms with Crippen molar-refractivity contribution in [1.82, 2.24) is 5.32 Å². The van der Waals surface area contributed by atoms with Crippen LogP contribution in [0.3, 0.4) is 0 Å². The fraction of sp³-hybridized carbons (Fsp3) is 0.750. The summed E-state index contributed by atoms with van der Waals surface area (Å²) in [6, 6.07) is 1.30. The summed E-state index contributed by atoms with van der Waals surface area (Å²) in [5.41, 5.74) is 0. The number of nitrogens with one attached hydrogen (secondary N) is 2. The second kappa shape index (κ2) is 4.21. The molecule has 0 spiro atoms. The average Bonchev–Trinajstić information content (AvgIpc) is 2.46. The molecule has 1 aliphatic rings. The molecule has 0 aliphatic carbocycles. The monoisotopic (exact) mass is 183 g/mol. The summed E-state index contributed by atoms with van der Waals surface area (Å²) < 4.78 is 0. The van der Waals surface area contributed by atoms with Crippen LogP contribution in [0.2, 0.25) is 0 Å². The Bertz CT molecular complexity index is 234. The van der Waals surface area contributed by atoms with Gasteiger partial charge in [0.1, 0.15) is 6.07 Å². The van der Waals surface area contributed by atoms with Gasteiger partial charge in [-0.2, -0.15) is 5.26 Å². The van der Waals surface area contributed by atoms with E-state index in [1.807, 2.05) is 6.07 Å². The number of quaternary nitrogens is 1. The van der Waals surface area contributed by atoms with Gasteiger partial charge in [0.2, 0.25) is 5.91 Å². The molecule has 0 radical (unpaired) electrons. The molecule has 5 heteroatoms. The molecule has 3 atom stereocenters. The number of hydrogen-bond donors (Lipinski definition) is 2. The van der Waals surface area contributed by atoms with Crippen LogP contribution < -0.4 is 10.4 Å². The predicted molar refractivity (Wildman–Crippen MR) is 45.4 cm³/mol. The maximum atomic E-state index is 11.1. The number of hydrogen-bond acceptors (Lipinski definition) is 3. The van der Waals surface area contributed by atoms with Crippen molar-refractivity contribution in [2.45, 2.75) is 18.9 Å². The zero-order valence-electron chi connectivity index (χ0n) is 7.54. The molecule has 0 bridgehead atoms. The number of nitrogens with zero attached hydrogens (tertiary/aromatic N) is 1. The van der Waals surface area contributed by atoms with Gasteiger partial charge in [0.05, 0.1) is 7.05 Å². The van der Waals surface area contributed by atoms with Crippen molar-refractivity contribution in [2.24, 2.45) is 5.92 Å². The van der Waals surface area contributed by atoms with E-state index < -0.39 is 6.04 Å². The first kappa shape index (κ1) is 9.96. The highest BCUT2D eigenvalue weighted by atomic mass is 16.5. The average molecular weight is 183 g/mol. The van der Waals surface area contributed by atoms with Crippen LogP contribution in [0.15, 0.2) is 0 Å². The van der Waals surface area contributed by atoms with Gasteiger partial charge < -0.3 is 15.6 Å². The van der Waals surface area contributed by atoms with Crippen molar-refractivity contribution >= 4 is 5.91 Å². The lowest BCUT2D eigenvalue weighted by atomic mass is 9.99. The van der Waals surface area contributed by atoms with Crippen LogP contribution in [0.25, 0.3) is 0 Å². The third-order valence-electron chi connectivity index (χ3n) is 2.33. The summed E-state index contributed by atoms with van der Waals surface area (Å²) in [6.45, 7) is 0.666. The normalized spacial score (nSPS) is 26.2. The minimum absolute atomic E-state index is 0.0264. The second-order valence-electron chi connectivity index (χ2n) is 3.30. The molecule has 0 aromatic heterocycles. The molecule has 1 unspecified atom stereocenters. The molecule has 1 fully saturated rings. The summed E-state index contributed by atoms with van der Waals surface area (Å²) in [7, 11) is 1.39. The minimum atomic E-state index is -0.617. The molecule has 2 N–H and O–H groups in total. The van der Waals surface area contributed by atoms with Crippen LogP contribution in [0.5, 0.6) is 0 Å². The Balaban J connectivity index is 2.47. The van der Waals surface area contributed by atoms with Crippen molar-refractivity contribution < 1.29 is 9.86 Å². The second-order valence-corrected chi connectivity index (χ2v) is 3.30. The summed E-state index contributed by atoms with van der Waals surface area (Å²) in [5, 5.41) is 22.1. The summed E-state index contributed by atoms with van der Waals surface area (Å²) >= 11 is 0. The lowest BCUT2D eigenvalue weighted by Crippen LogP contribution is -3.08. The van der Waals surface area contributed by atoms with Gasteiger partial charge >= 0.3 is 0 Å². The number of amides is 1. The Morgan fingerprint density at radius 2 is 2.62 bits per heavy atom. The number of hydroxylamine groups is 2. The molecule has 0 saturated carbocycles. The Morgan fingerprint density at radius 1 is 1.92 bits per heavy atom. The number of carbonyl (C=O) groups is 1. The summed E-state index contributed by atoms with van der Waals surface area (Å²) in [4.78, 5) is 11.1. The summed E-state index contributed by atoms with van der Waals surface area (Å²) in [5.74, 6) is -0.171. The molecule has 1 amide bonds. The van der Waals surface area contributed by atoms with Gasteiger partial charge in [-0.1, -0.05) is 0 Å². The quantitative estimate of drug-likeness (QED) is 0.518. The maximum absolute atomic E-state index is 11.1. The fourth-order valence-corrected chi connectivity index (χ4v) is 1.46. The minimum Gasteiger partial charge on any atom is -0.634 e. The molecular formula is C8H13N3O2. The molecule has 1 saturated heterocycles. The van der Waals surface area contributed by atoms with Gasteiger partial charge in [-0.05, 0) is 6.42 Å². The first-order valence-electron chi connectivity index (χ1n) is 4.33. The van der Waals surface area contributed by atoms with E-state index in [0.717, 1.165) is 6.42 Å². The molecular weight excluding hydrogens is 170 g/mol. The maximum Gasteiger partial charge on any atom is 0.223 e. The molecule has 5 nitrogen and oxygen atoms in total. The molecule has 1 heterocycles. The van der Waals surface area contributed by atoms with Gasteiger partial charge in [0.25, 0.3) is 0 Å². The van der Waals surface area contributed by atoms with Gasteiger partial charge in [-0.15, -0.1) is 0 Å². The van der Waals surface area contributed by atoms with E-state index in [-0.39, 0.29) is 16.9 Å². The van der Waals surface area contributed by atoms with Crippen LogP contribution in [0.1, 0.15) is 12.8 Å². The lowest BCUT2D eigenvalue weighted by molar-refractivity contribution is -0.845. The predicted octanol–water partition coefficient (Wildman–Crippen LogP) is -1.58. The first-order chi connectivity index (χ1) is 6.15. The molecule has 1 rings (SSSR count). The Labute approximate surface area is 76.9 Å². The topological polar surface area (TPSA) is 80.4 Å². The van der Waals surface area contributed by atoms with E-state index >= 15 is 0 Å². The van der Waals surface area contributed by atoms with E-state index in [1.165, 1.54) is 7.05 Å². The van der Waals surface area contributed by atoms with Crippen molar-refractivity contribution in [1.29, 1.82) is 5.26 Å². The van der Waals surface area contributed by atoms with Crippen LogP contribution in [-0.4, -0.2) is 25.5 Å². The van der Waals surface area contributed by atoms with Gasteiger partial charge in [-0.3, -0.25) is 4.79 Å². The van der Waals surface area contributed by atoms with Crippen molar-refractivity contribution in [3.05, 3.63) is 5.21 Å². The van der Waals surface area contributed by atoms with Crippen molar-refractivity contribution in [2.75, 3.05) is 13.6 Å². The largest absolute Gasteiger partial charge is 0.634 e. The third kappa shape index (κ3) is 2.41. The molecule has 0 aromatic carbocycles. The highest BCUT2D eigenvalue weighted by Gasteiger charge is 2.28. The molecule has 13 heavy (non-hydrogen) atoms. The third-order valence-corrected chi connectivity index (χ3v) is 2.33. The standard InChI is InChI=1S/C8H13N3O2/c1-11(13)7(5-9)4-6-2-3-10-8(6)12/h6-7,11H,2-4H2,1H3,(H,10,12)/t6-,7-/m0/s1. The number of nitriles is 1. The lowest BCUT2D eigenvalue weighted by Gasteiger charge is -2.23. The van der Waals surface area contributed by atoms with Crippen LogP contribution in [-0.2, 0) is 4.79 Å². The Morgan fingerprint density at radius 3 is 3.00 bits per heavy atom. The van der Waals surface area contributed by atoms with E-state index in [0.29, 0.717) is 13.0 Å². The number of carbonyl (C=O) groups excluding carboxylic acids is 1. The van der Waals surface area contributed by atoms with Gasteiger partial charge in [0.15, 0.2) is 6.04 Å². The number of rotatable bonds is 3. The van der Waals surface area contributed by atoms with Crippen LogP contribution >= 0.6 is 0 Å². The van der Waals surface area contributed by atoms with E-state index in [9.17, 15) is 10.0 Å². The highest BCUT2D eigenvalue weighted by molar-refractivity contribution is 5.80. The van der Waals surface area contributed by atoms with Crippen molar-refractivity contribution in [3.8, 4) is 6.07 Å². The van der Waals surface area contributed by atoms with E-state index in [2.05, 4.69) is 5.32 Å². The molecule has 0 aromatic rings. The fourth-order valence-electron chi connectivity index (χ4n) is 1.46. The van der Waals surface area contributed by atoms with Crippen LogP contribution in [0.4, 0.5) is 0 Å². The Kier molecular flexibility index (Phi) is 3.23. The zero-order chi connectivity index (χ0) is 9.84. The van der Waals surface area contributed by atoms with E-state index in [4.69, 9.17) is 5.26 Å². The summed E-state index contributed by atoms with van der Waals surface area (Å²) in [6.07, 6.45) is 1.11. The SMILES string of the molecule is C[NH+]([O-])[C@H](C#N)C[C@@H]1CCNC1=O. The van der Waals surface area contributed by atoms with Crippen LogP contribution in [0, 0.1) is 22.5 Å². The molecule has 1 aliphatic heterocycles. The van der Waals surface area contributed by atoms with E-state index in [1.54, 1.807) is 0 Å². The van der Waals surface area contributed by atoms with Gasteiger partial charge in [-0.25, -0.2) is 0 Å². The molecule has 72 valence electrons. The zero-order valence-corrected chi connectivity index (χ0v) is 7.54. The van der Waals surface area contributed by atoms with Gasteiger partial charge in [0, 0.05) is 18.9 Å². The first-order valence-corrected chi connectivity index (χ1v) is 4.33. The highest BCUT2D eigenvalue weighted by Crippen LogP contribution is 2.14.